The number of alkyl halides is 3. The number of benzene rings is 1. The lowest BCUT2D eigenvalue weighted by atomic mass is 10.1. The Morgan fingerprint density at radius 2 is 2.00 bits per heavy atom. The van der Waals surface area contributed by atoms with Crippen LogP contribution in [0.4, 0.5) is 18.9 Å². The van der Waals surface area contributed by atoms with Crippen LogP contribution in [0.2, 0.25) is 0 Å². The van der Waals surface area contributed by atoms with Gasteiger partial charge in [0, 0.05) is 12.2 Å². The molecule has 0 amide bonds. The van der Waals surface area contributed by atoms with Gasteiger partial charge in [0.1, 0.15) is 12.4 Å². The quantitative estimate of drug-likeness (QED) is 0.880. The van der Waals surface area contributed by atoms with Crippen molar-refractivity contribution in [3.05, 3.63) is 41.2 Å². The van der Waals surface area contributed by atoms with Crippen LogP contribution in [-0.4, -0.2) is 9.78 Å². The summed E-state index contributed by atoms with van der Waals surface area (Å²) in [6, 6.07) is 5.27. The van der Waals surface area contributed by atoms with E-state index in [1.54, 1.807) is 10.7 Å². The molecule has 0 unspecified atom stereocenters. The van der Waals surface area contributed by atoms with Crippen LogP contribution in [0.3, 0.4) is 0 Å². The summed E-state index contributed by atoms with van der Waals surface area (Å²) < 4.78 is 45.9. The van der Waals surface area contributed by atoms with Crippen LogP contribution in [0, 0.1) is 6.92 Å². The molecule has 1 heterocycles. The standard InChI is InChI=1S/C14H16F3N3O/c1-3-20-11(6-9(2)19-20)8-21-13-5-4-10(18)7-12(13)14(15,16)17/h4-7H,3,8,18H2,1-2H3. The molecule has 4 nitrogen and oxygen atoms in total. The summed E-state index contributed by atoms with van der Waals surface area (Å²) in [5.74, 6) is -0.238. The van der Waals surface area contributed by atoms with E-state index in [4.69, 9.17) is 10.5 Å². The zero-order chi connectivity index (χ0) is 15.6. The summed E-state index contributed by atoms with van der Waals surface area (Å²) >= 11 is 0. The third-order valence-electron chi connectivity index (χ3n) is 2.97. The third kappa shape index (κ3) is 3.48. The number of hydrogen-bond donors (Lipinski definition) is 1. The number of anilines is 1. The summed E-state index contributed by atoms with van der Waals surface area (Å²) in [6.45, 7) is 4.36. The minimum absolute atomic E-state index is 0.0156. The maximum atomic E-state index is 13.0. The van der Waals surface area contributed by atoms with E-state index in [-0.39, 0.29) is 18.0 Å². The zero-order valence-corrected chi connectivity index (χ0v) is 11.7. The number of nitrogen functional groups attached to an aromatic ring is 1. The van der Waals surface area contributed by atoms with E-state index < -0.39 is 11.7 Å². The summed E-state index contributed by atoms with van der Waals surface area (Å²) in [5, 5.41) is 4.22. The molecule has 0 bridgehead atoms. The van der Waals surface area contributed by atoms with E-state index in [0.29, 0.717) is 6.54 Å². The van der Waals surface area contributed by atoms with Gasteiger partial charge in [0.05, 0.1) is 17.0 Å². The van der Waals surface area contributed by atoms with Gasteiger partial charge in [-0.3, -0.25) is 4.68 Å². The summed E-state index contributed by atoms with van der Waals surface area (Å²) in [4.78, 5) is 0. The summed E-state index contributed by atoms with van der Waals surface area (Å²) in [5.41, 5.74) is 6.10. The van der Waals surface area contributed by atoms with Gasteiger partial charge in [-0.2, -0.15) is 18.3 Å². The summed E-state index contributed by atoms with van der Waals surface area (Å²) in [6.07, 6.45) is -4.51. The molecule has 0 aliphatic rings. The zero-order valence-electron chi connectivity index (χ0n) is 11.7. The Kier molecular flexibility index (Phi) is 4.11. The first-order valence-electron chi connectivity index (χ1n) is 6.44. The number of aromatic nitrogens is 2. The van der Waals surface area contributed by atoms with Gasteiger partial charge >= 0.3 is 6.18 Å². The average Bonchev–Trinajstić information content (AvgIpc) is 2.76. The highest BCUT2D eigenvalue weighted by Gasteiger charge is 2.34. The van der Waals surface area contributed by atoms with Crippen molar-refractivity contribution in [1.82, 2.24) is 9.78 Å². The number of ether oxygens (including phenoxy) is 1. The second kappa shape index (κ2) is 5.67. The fourth-order valence-corrected chi connectivity index (χ4v) is 2.04. The summed E-state index contributed by atoms with van der Waals surface area (Å²) in [7, 11) is 0. The smallest absolute Gasteiger partial charge is 0.420 e. The number of aryl methyl sites for hydroxylation is 2. The van der Waals surface area contributed by atoms with Crippen LogP contribution >= 0.6 is 0 Å². The van der Waals surface area contributed by atoms with Crippen molar-refractivity contribution >= 4 is 5.69 Å². The topological polar surface area (TPSA) is 53.1 Å². The molecule has 0 aliphatic heterocycles. The van der Waals surface area contributed by atoms with E-state index >= 15 is 0 Å². The van der Waals surface area contributed by atoms with Crippen LogP contribution in [0.15, 0.2) is 24.3 Å². The largest absolute Gasteiger partial charge is 0.487 e. The predicted molar refractivity (Wildman–Crippen MR) is 72.8 cm³/mol. The molecule has 7 heteroatoms. The Bertz CT molecular complexity index is 635. The van der Waals surface area contributed by atoms with Gasteiger partial charge < -0.3 is 10.5 Å². The molecule has 0 spiro atoms. The predicted octanol–water partition coefficient (Wildman–Crippen LogP) is 3.39. The molecule has 0 radical (unpaired) electrons. The van der Waals surface area contributed by atoms with Crippen molar-refractivity contribution < 1.29 is 17.9 Å². The maximum Gasteiger partial charge on any atom is 0.420 e. The van der Waals surface area contributed by atoms with Crippen LogP contribution in [-0.2, 0) is 19.3 Å². The van der Waals surface area contributed by atoms with Gasteiger partial charge in [-0.1, -0.05) is 0 Å². The van der Waals surface area contributed by atoms with Gasteiger partial charge in [0.2, 0.25) is 0 Å². The number of nitrogens with zero attached hydrogens (tertiary/aromatic N) is 2. The van der Waals surface area contributed by atoms with Crippen molar-refractivity contribution in [2.75, 3.05) is 5.73 Å². The SMILES string of the molecule is CCn1nc(C)cc1COc1ccc(N)cc1C(F)(F)F. The van der Waals surface area contributed by atoms with E-state index in [1.165, 1.54) is 12.1 Å². The van der Waals surface area contributed by atoms with Gasteiger partial charge in [0.15, 0.2) is 0 Å². The number of halogens is 3. The fraction of sp³-hybridized carbons (Fsp3) is 0.357. The van der Waals surface area contributed by atoms with Crippen LogP contribution in [0.5, 0.6) is 5.75 Å². The van der Waals surface area contributed by atoms with Crippen molar-refractivity contribution in [2.24, 2.45) is 0 Å². The Labute approximate surface area is 120 Å². The second-order valence-corrected chi connectivity index (χ2v) is 4.63. The van der Waals surface area contributed by atoms with Gasteiger partial charge in [-0.15, -0.1) is 0 Å². The first kappa shape index (κ1) is 15.2. The Morgan fingerprint density at radius 1 is 1.29 bits per heavy atom. The minimum atomic E-state index is -4.51. The molecule has 0 aliphatic carbocycles. The highest BCUT2D eigenvalue weighted by atomic mass is 19.4. The molecule has 0 atom stereocenters. The lowest BCUT2D eigenvalue weighted by Crippen LogP contribution is -2.11. The lowest BCUT2D eigenvalue weighted by Gasteiger charge is -2.14. The van der Waals surface area contributed by atoms with Crippen molar-refractivity contribution in [3.63, 3.8) is 0 Å². The Hall–Kier alpha value is -2.18. The maximum absolute atomic E-state index is 13.0. The highest BCUT2D eigenvalue weighted by molar-refractivity contribution is 5.49. The van der Waals surface area contributed by atoms with Crippen molar-refractivity contribution in [1.29, 1.82) is 0 Å². The second-order valence-electron chi connectivity index (χ2n) is 4.63. The first-order valence-corrected chi connectivity index (χ1v) is 6.44. The number of rotatable bonds is 4. The molecule has 21 heavy (non-hydrogen) atoms. The van der Waals surface area contributed by atoms with Crippen LogP contribution < -0.4 is 10.5 Å². The van der Waals surface area contributed by atoms with Crippen molar-refractivity contribution in [2.45, 2.75) is 33.2 Å². The van der Waals surface area contributed by atoms with Crippen molar-refractivity contribution in [3.8, 4) is 5.75 Å². The normalized spacial score (nSPS) is 11.7. The van der Waals surface area contributed by atoms with Crippen LogP contribution in [0.1, 0.15) is 23.9 Å². The molecule has 2 N–H and O–H groups in total. The first-order chi connectivity index (χ1) is 9.81. The molecule has 2 aromatic rings. The van der Waals surface area contributed by atoms with E-state index in [1.807, 2.05) is 13.8 Å². The third-order valence-corrected chi connectivity index (χ3v) is 2.97. The highest BCUT2D eigenvalue weighted by Crippen LogP contribution is 2.37. The Morgan fingerprint density at radius 3 is 2.62 bits per heavy atom. The fourth-order valence-electron chi connectivity index (χ4n) is 2.04. The number of nitrogens with two attached hydrogens (primary N) is 1. The Balaban J connectivity index is 2.24. The van der Waals surface area contributed by atoms with Crippen LogP contribution in [0.25, 0.3) is 0 Å². The van der Waals surface area contributed by atoms with E-state index in [0.717, 1.165) is 17.5 Å². The molecular formula is C14H16F3N3O. The number of hydrogen-bond acceptors (Lipinski definition) is 3. The molecule has 1 aromatic heterocycles. The molecule has 0 saturated carbocycles. The molecular weight excluding hydrogens is 283 g/mol. The molecule has 114 valence electrons. The van der Waals surface area contributed by atoms with Gasteiger partial charge in [-0.05, 0) is 38.1 Å². The van der Waals surface area contributed by atoms with E-state index in [2.05, 4.69) is 5.10 Å². The monoisotopic (exact) mass is 299 g/mol. The molecule has 2 rings (SSSR count). The minimum Gasteiger partial charge on any atom is -0.487 e. The molecule has 0 fully saturated rings. The lowest BCUT2D eigenvalue weighted by molar-refractivity contribution is -0.139. The van der Waals surface area contributed by atoms with Gasteiger partial charge in [0.25, 0.3) is 0 Å². The average molecular weight is 299 g/mol. The molecule has 1 aromatic carbocycles. The van der Waals surface area contributed by atoms with E-state index in [9.17, 15) is 13.2 Å². The molecule has 0 saturated heterocycles. The van der Waals surface area contributed by atoms with Gasteiger partial charge in [-0.25, -0.2) is 0 Å².